The highest BCUT2D eigenvalue weighted by Crippen LogP contribution is 2.27. The van der Waals surface area contributed by atoms with E-state index in [4.69, 9.17) is 0 Å². The molecule has 0 radical (unpaired) electrons. The first kappa shape index (κ1) is 16.5. The van der Waals surface area contributed by atoms with Crippen LogP contribution in [0.2, 0.25) is 0 Å². The zero-order valence-corrected chi connectivity index (χ0v) is 14.6. The van der Waals surface area contributed by atoms with E-state index in [1.165, 1.54) is 4.90 Å². The minimum atomic E-state index is -0.145. The van der Waals surface area contributed by atoms with E-state index in [-0.39, 0.29) is 11.9 Å². The number of hydrogen-bond donors (Lipinski definition) is 1. The van der Waals surface area contributed by atoms with Crippen molar-refractivity contribution in [2.75, 3.05) is 12.3 Å². The van der Waals surface area contributed by atoms with Gasteiger partial charge >= 0.3 is 0 Å². The summed E-state index contributed by atoms with van der Waals surface area (Å²) in [5.74, 6) is 0.767. The van der Waals surface area contributed by atoms with Gasteiger partial charge in [0, 0.05) is 21.2 Å². The normalized spacial score (nSPS) is 12.4. The lowest BCUT2D eigenvalue weighted by atomic mass is 10.1. The van der Waals surface area contributed by atoms with Crippen LogP contribution in [-0.4, -0.2) is 12.3 Å². The topological polar surface area (TPSA) is 12.0 Å². The van der Waals surface area contributed by atoms with Crippen molar-refractivity contribution in [3.63, 3.8) is 0 Å². The summed E-state index contributed by atoms with van der Waals surface area (Å²) in [4.78, 5) is 1.23. The highest BCUT2D eigenvalue weighted by atomic mass is 79.9. The number of benzene rings is 2. The van der Waals surface area contributed by atoms with E-state index < -0.39 is 0 Å². The molecule has 2 aromatic rings. The van der Waals surface area contributed by atoms with E-state index in [1.54, 1.807) is 17.8 Å². The van der Waals surface area contributed by atoms with Crippen LogP contribution in [0.5, 0.6) is 0 Å². The second-order valence-corrected chi connectivity index (χ2v) is 6.90. The zero-order chi connectivity index (χ0) is 15.2. The molecule has 0 aliphatic carbocycles. The first-order valence-electron chi connectivity index (χ1n) is 6.98. The van der Waals surface area contributed by atoms with Gasteiger partial charge in [-0.25, -0.2) is 4.39 Å². The fourth-order valence-electron chi connectivity index (χ4n) is 2.14. The van der Waals surface area contributed by atoms with Crippen LogP contribution in [0.3, 0.4) is 0 Å². The van der Waals surface area contributed by atoms with Crippen LogP contribution in [0, 0.1) is 12.7 Å². The molecule has 0 saturated carbocycles. The molecule has 0 amide bonds. The van der Waals surface area contributed by atoms with Crippen molar-refractivity contribution in [2.45, 2.75) is 24.8 Å². The van der Waals surface area contributed by atoms with Crippen molar-refractivity contribution < 1.29 is 4.39 Å². The molecule has 1 N–H and O–H groups in total. The van der Waals surface area contributed by atoms with Gasteiger partial charge in [0.25, 0.3) is 0 Å². The van der Waals surface area contributed by atoms with Crippen LogP contribution in [0.4, 0.5) is 4.39 Å². The molecule has 4 heteroatoms. The fraction of sp³-hybridized carbons (Fsp3) is 0.294. The summed E-state index contributed by atoms with van der Waals surface area (Å²) in [7, 11) is 0. The number of halogens is 2. The van der Waals surface area contributed by atoms with Gasteiger partial charge in [-0.3, -0.25) is 0 Å². The highest BCUT2D eigenvalue weighted by molar-refractivity contribution is 9.10. The number of nitrogens with one attached hydrogen (secondary N) is 1. The maximum Gasteiger partial charge on any atom is 0.126 e. The minimum Gasteiger partial charge on any atom is -0.309 e. The first-order chi connectivity index (χ1) is 10.1. The quantitative estimate of drug-likeness (QED) is 0.691. The van der Waals surface area contributed by atoms with E-state index in [0.717, 1.165) is 22.3 Å². The van der Waals surface area contributed by atoms with Crippen molar-refractivity contribution in [3.8, 4) is 0 Å². The molecule has 112 valence electrons. The van der Waals surface area contributed by atoms with Crippen LogP contribution < -0.4 is 5.32 Å². The highest BCUT2D eigenvalue weighted by Gasteiger charge is 2.12. The predicted molar refractivity (Wildman–Crippen MR) is 92.4 cm³/mol. The van der Waals surface area contributed by atoms with E-state index in [1.807, 2.05) is 31.2 Å². The number of thioether (sulfide) groups is 1. The molecule has 0 bridgehead atoms. The molecule has 0 spiro atoms. The van der Waals surface area contributed by atoms with Crippen molar-refractivity contribution >= 4 is 27.7 Å². The predicted octanol–water partition coefficient (Wildman–Crippen LogP) is 5.34. The van der Waals surface area contributed by atoms with Gasteiger partial charge in [0.05, 0.1) is 0 Å². The van der Waals surface area contributed by atoms with Gasteiger partial charge in [-0.1, -0.05) is 41.1 Å². The molecule has 0 saturated heterocycles. The second kappa shape index (κ2) is 7.97. The van der Waals surface area contributed by atoms with Crippen molar-refractivity contribution in [1.29, 1.82) is 0 Å². The molecule has 0 aliphatic heterocycles. The Bertz CT molecular complexity index is 603. The first-order valence-corrected chi connectivity index (χ1v) is 8.76. The van der Waals surface area contributed by atoms with Crippen LogP contribution in [0.1, 0.15) is 24.1 Å². The number of aryl methyl sites for hydroxylation is 1. The van der Waals surface area contributed by atoms with Crippen molar-refractivity contribution in [2.24, 2.45) is 0 Å². The summed E-state index contributed by atoms with van der Waals surface area (Å²) in [5, 5.41) is 3.48. The van der Waals surface area contributed by atoms with Gasteiger partial charge in [0.15, 0.2) is 0 Å². The Labute approximate surface area is 138 Å². The van der Waals surface area contributed by atoms with Gasteiger partial charge in [-0.05, 0) is 48.9 Å². The lowest BCUT2D eigenvalue weighted by Crippen LogP contribution is -2.23. The Morgan fingerprint density at radius 2 is 2.05 bits per heavy atom. The molecule has 21 heavy (non-hydrogen) atoms. The summed E-state index contributed by atoms with van der Waals surface area (Å²) >= 11 is 5.29. The summed E-state index contributed by atoms with van der Waals surface area (Å²) in [6, 6.07) is 13.9. The average molecular weight is 368 g/mol. The lowest BCUT2D eigenvalue weighted by molar-refractivity contribution is 0.594. The van der Waals surface area contributed by atoms with Crippen molar-refractivity contribution in [1.82, 2.24) is 5.32 Å². The molecule has 1 atom stereocenters. The second-order valence-electron chi connectivity index (χ2n) is 4.89. The number of rotatable bonds is 6. The van der Waals surface area contributed by atoms with E-state index in [0.29, 0.717) is 5.56 Å². The Morgan fingerprint density at radius 1 is 1.24 bits per heavy atom. The Kier molecular flexibility index (Phi) is 6.27. The molecule has 1 unspecified atom stereocenters. The maximum absolute atomic E-state index is 13.4. The summed E-state index contributed by atoms with van der Waals surface area (Å²) in [6.45, 7) is 4.79. The zero-order valence-electron chi connectivity index (χ0n) is 12.2. The minimum absolute atomic E-state index is 0.145. The monoisotopic (exact) mass is 367 g/mol. The van der Waals surface area contributed by atoms with Gasteiger partial charge < -0.3 is 5.32 Å². The average Bonchev–Trinajstić information content (AvgIpc) is 2.46. The summed E-state index contributed by atoms with van der Waals surface area (Å²) < 4.78 is 14.5. The largest absolute Gasteiger partial charge is 0.309 e. The third kappa shape index (κ3) is 4.83. The standard InChI is InChI=1S/C17H19BrFNS/c1-3-20-17(13-7-8-16(19)12(2)9-13)11-21-15-6-4-5-14(18)10-15/h4-10,17,20H,3,11H2,1-2H3. The smallest absolute Gasteiger partial charge is 0.126 e. The van der Waals surface area contributed by atoms with Gasteiger partial charge in [-0.2, -0.15) is 0 Å². The Hall–Kier alpha value is -0.840. The van der Waals surface area contributed by atoms with Crippen molar-refractivity contribution in [3.05, 3.63) is 63.9 Å². The Morgan fingerprint density at radius 3 is 2.71 bits per heavy atom. The van der Waals surface area contributed by atoms with Gasteiger partial charge in [0.1, 0.15) is 5.82 Å². The SMILES string of the molecule is CCNC(CSc1cccc(Br)c1)c1ccc(F)c(C)c1. The summed E-state index contributed by atoms with van der Waals surface area (Å²) in [6.07, 6.45) is 0. The molecule has 2 aromatic carbocycles. The molecule has 0 aromatic heterocycles. The third-order valence-electron chi connectivity index (χ3n) is 3.25. The molecule has 1 nitrogen and oxygen atoms in total. The Balaban J connectivity index is 2.09. The lowest BCUT2D eigenvalue weighted by Gasteiger charge is -2.19. The maximum atomic E-state index is 13.4. The van der Waals surface area contributed by atoms with Crippen LogP contribution in [0.15, 0.2) is 51.8 Å². The van der Waals surface area contributed by atoms with Crippen LogP contribution in [0.25, 0.3) is 0 Å². The van der Waals surface area contributed by atoms with Gasteiger partial charge in [-0.15, -0.1) is 11.8 Å². The molecular formula is C17H19BrFNS. The van der Waals surface area contributed by atoms with E-state index in [9.17, 15) is 4.39 Å². The molecular weight excluding hydrogens is 349 g/mol. The summed E-state index contributed by atoms with van der Waals surface area (Å²) in [5.41, 5.74) is 1.83. The van der Waals surface area contributed by atoms with E-state index >= 15 is 0 Å². The molecule has 0 aliphatic rings. The van der Waals surface area contributed by atoms with Crippen LogP contribution in [-0.2, 0) is 0 Å². The van der Waals surface area contributed by atoms with Gasteiger partial charge in [0.2, 0.25) is 0 Å². The number of hydrogen-bond acceptors (Lipinski definition) is 2. The fourth-order valence-corrected chi connectivity index (χ4v) is 3.75. The third-order valence-corrected chi connectivity index (χ3v) is 4.83. The molecule has 0 fully saturated rings. The molecule has 2 rings (SSSR count). The van der Waals surface area contributed by atoms with E-state index in [2.05, 4.69) is 40.3 Å². The molecule has 0 heterocycles. The van der Waals surface area contributed by atoms with Crippen LogP contribution >= 0.6 is 27.7 Å².